The third kappa shape index (κ3) is 1.75. The molecule has 5 heteroatoms. The molecule has 0 bridgehead atoms. The topological polar surface area (TPSA) is 59.1 Å². The van der Waals surface area contributed by atoms with Gasteiger partial charge in [0.25, 0.3) is 10.0 Å². The molecule has 0 fully saturated rings. The Hall–Kier alpha value is -2.40. The second kappa shape index (κ2) is 4.30. The maximum atomic E-state index is 12.6. The number of hydrogen-bond acceptors (Lipinski definition) is 3. The lowest BCUT2D eigenvalue weighted by Crippen LogP contribution is -2.19. The summed E-state index contributed by atoms with van der Waals surface area (Å²) in [5.74, 6) is 0. The predicted octanol–water partition coefficient (Wildman–Crippen LogP) is 3.63. The number of nitrogens with zero attached hydrogens (tertiary/aromatic N) is 1. The summed E-state index contributed by atoms with van der Waals surface area (Å²) in [6.07, 6.45) is 1.67. The van der Waals surface area contributed by atoms with Crippen LogP contribution in [-0.2, 0) is 10.0 Å². The Morgan fingerprint density at radius 3 is 2.59 bits per heavy atom. The summed E-state index contributed by atoms with van der Waals surface area (Å²) < 4.78 is 27.9. The van der Waals surface area contributed by atoms with Crippen molar-refractivity contribution in [1.29, 1.82) is 0 Å². The van der Waals surface area contributed by atoms with E-state index in [2.05, 4.69) is 9.71 Å². The number of fused-ring (bicyclic) bond motifs is 5. The highest BCUT2D eigenvalue weighted by atomic mass is 32.2. The molecule has 1 N–H and O–H groups in total. The molecule has 1 aromatic heterocycles. The fourth-order valence-electron chi connectivity index (χ4n) is 2.88. The molecule has 0 saturated carbocycles. The smallest absolute Gasteiger partial charge is 0.262 e. The maximum Gasteiger partial charge on any atom is 0.262 e. The lowest BCUT2D eigenvalue weighted by Gasteiger charge is -2.23. The summed E-state index contributed by atoms with van der Waals surface area (Å²) in [6, 6.07) is 11.4. The number of benzene rings is 2. The van der Waals surface area contributed by atoms with Crippen LogP contribution < -0.4 is 4.72 Å². The Morgan fingerprint density at radius 2 is 1.77 bits per heavy atom. The van der Waals surface area contributed by atoms with Crippen molar-refractivity contribution in [2.24, 2.45) is 0 Å². The number of aryl methyl sites for hydroxylation is 2. The average molecular weight is 310 g/mol. The van der Waals surface area contributed by atoms with Crippen LogP contribution in [0.1, 0.15) is 11.1 Å². The van der Waals surface area contributed by atoms with Crippen molar-refractivity contribution in [3.05, 3.63) is 53.7 Å². The Kier molecular flexibility index (Phi) is 2.60. The van der Waals surface area contributed by atoms with E-state index >= 15 is 0 Å². The lowest BCUT2D eigenvalue weighted by molar-refractivity contribution is 0.601. The highest BCUT2D eigenvalue weighted by molar-refractivity contribution is 7.93. The molecule has 0 unspecified atom stereocenters. The van der Waals surface area contributed by atoms with Gasteiger partial charge >= 0.3 is 0 Å². The summed E-state index contributed by atoms with van der Waals surface area (Å²) in [4.78, 5) is 4.68. The van der Waals surface area contributed by atoms with Gasteiger partial charge in [0.1, 0.15) is 0 Å². The minimum absolute atomic E-state index is 0.332. The zero-order chi connectivity index (χ0) is 15.5. The first kappa shape index (κ1) is 13.3. The van der Waals surface area contributed by atoms with Crippen LogP contribution in [0.5, 0.6) is 0 Å². The van der Waals surface area contributed by atoms with Gasteiger partial charge in [-0.3, -0.25) is 9.71 Å². The summed E-state index contributed by atoms with van der Waals surface area (Å²) in [7, 11) is -3.58. The van der Waals surface area contributed by atoms with Gasteiger partial charge in [0.2, 0.25) is 0 Å². The zero-order valence-electron chi connectivity index (χ0n) is 12.2. The van der Waals surface area contributed by atoms with E-state index in [9.17, 15) is 8.42 Å². The standard InChI is InChI=1S/C17H14N2O2S/c1-10-8-14-13-6-5-12-4-3-7-18-16(12)17(13)19-22(20,21)15(14)9-11(10)2/h3-9,19H,1-2H3. The minimum Gasteiger partial charge on any atom is -0.277 e. The molecular formula is C17H14N2O2S. The molecule has 0 aliphatic carbocycles. The number of sulfonamides is 1. The lowest BCUT2D eigenvalue weighted by atomic mass is 9.97. The van der Waals surface area contributed by atoms with Crippen LogP contribution in [-0.4, -0.2) is 13.4 Å². The van der Waals surface area contributed by atoms with Crippen molar-refractivity contribution in [1.82, 2.24) is 4.98 Å². The van der Waals surface area contributed by atoms with Crippen LogP contribution in [0.4, 0.5) is 5.69 Å². The summed E-state index contributed by atoms with van der Waals surface area (Å²) in [5.41, 5.74) is 4.89. The summed E-state index contributed by atoms with van der Waals surface area (Å²) >= 11 is 0. The van der Waals surface area contributed by atoms with Crippen LogP contribution >= 0.6 is 0 Å². The van der Waals surface area contributed by atoms with Gasteiger partial charge in [-0.15, -0.1) is 0 Å². The van der Waals surface area contributed by atoms with E-state index in [1.165, 1.54) is 0 Å². The molecule has 4 nitrogen and oxygen atoms in total. The number of hydrogen-bond donors (Lipinski definition) is 1. The molecule has 3 aromatic rings. The molecule has 1 aliphatic heterocycles. The van der Waals surface area contributed by atoms with E-state index in [1.54, 1.807) is 12.3 Å². The van der Waals surface area contributed by atoms with E-state index in [1.807, 2.05) is 44.2 Å². The molecule has 2 heterocycles. The molecule has 0 atom stereocenters. The molecule has 110 valence electrons. The number of pyridine rings is 1. The molecule has 4 rings (SSSR count). The molecule has 0 spiro atoms. The summed E-state index contributed by atoms with van der Waals surface area (Å²) in [6.45, 7) is 3.91. The van der Waals surface area contributed by atoms with Gasteiger partial charge in [-0.1, -0.05) is 18.2 Å². The molecule has 0 radical (unpaired) electrons. The van der Waals surface area contributed by atoms with Crippen molar-refractivity contribution in [2.45, 2.75) is 18.7 Å². The van der Waals surface area contributed by atoms with Crippen LogP contribution in [0.25, 0.3) is 22.0 Å². The van der Waals surface area contributed by atoms with Crippen molar-refractivity contribution >= 4 is 26.6 Å². The SMILES string of the molecule is Cc1cc2c(cc1C)S(=O)(=O)Nc1c-2ccc2cccnc12. The van der Waals surface area contributed by atoms with Gasteiger partial charge in [0, 0.05) is 22.7 Å². The number of nitrogens with one attached hydrogen (secondary N) is 1. The number of aromatic nitrogens is 1. The third-order valence-electron chi connectivity index (χ3n) is 4.19. The van der Waals surface area contributed by atoms with Gasteiger partial charge in [-0.05, 0) is 43.2 Å². The Morgan fingerprint density at radius 1 is 1.00 bits per heavy atom. The van der Waals surface area contributed by atoms with Crippen molar-refractivity contribution in [3.63, 3.8) is 0 Å². The van der Waals surface area contributed by atoms with Crippen molar-refractivity contribution < 1.29 is 8.42 Å². The Bertz CT molecular complexity index is 1040. The molecule has 0 saturated heterocycles. The normalized spacial score (nSPS) is 15.0. The second-order valence-electron chi connectivity index (χ2n) is 5.60. The summed E-state index contributed by atoms with van der Waals surface area (Å²) in [5, 5.41) is 0.913. The Labute approximate surface area is 128 Å². The van der Waals surface area contributed by atoms with E-state index in [4.69, 9.17) is 0 Å². The zero-order valence-corrected chi connectivity index (χ0v) is 13.0. The first-order valence-electron chi connectivity index (χ1n) is 6.99. The van der Waals surface area contributed by atoms with E-state index in [-0.39, 0.29) is 0 Å². The molecule has 1 aliphatic rings. The van der Waals surface area contributed by atoms with Crippen molar-refractivity contribution in [2.75, 3.05) is 4.72 Å². The van der Waals surface area contributed by atoms with Gasteiger partial charge in [-0.25, -0.2) is 8.42 Å². The minimum atomic E-state index is -3.58. The van der Waals surface area contributed by atoms with Gasteiger partial charge in [0.15, 0.2) is 0 Å². The van der Waals surface area contributed by atoms with Crippen LogP contribution in [0.3, 0.4) is 0 Å². The molecule has 2 aromatic carbocycles. The molecule has 0 amide bonds. The van der Waals surface area contributed by atoms with Crippen LogP contribution in [0.2, 0.25) is 0 Å². The maximum absolute atomic E-state index is 12.6. The highest BCUT2D eigenvalue weighted by Crippen LogP contribution is 2.43. The molecule has 22 heavy (non-hydrogen) atoms. The average Bonchev–Trinajstić information content (AvgIpc) is 2.49. The van der Waals surface area contributed by atoms with Gasteiger partial charge in [-0.2, -0.15) is 0 Å². The van der Waals surface area contributed by atoms with Crippen molar-refractivity contribution in [3.8, 4) is 11.1 Å². The first-order chi connectivity index (χ1) is 10.5. The third-order valence-corrected chi connectivity index (χ3v) is 5.58. The fourth-order valence-corrected chi connectivity index (χ4v) is 4.26. The fraction of sp³-hybridized carbons (Fsp3) is 0.118. The number of rotatable bonds is 0. The quantitative estimate of drug-likeness (QED) is 0.689. The van der Waals surface area contributed by atoms with Crippen LogP contribution in [0.15, 0.2) is 47.5 Å². The Balaban J connectivity index is 2.16. The largest absolute Gasteiger partial charge is 0.277 e. The van der Waals surface area contributed by atoms with Crippen LogP contribution in [0, 0.1) is 13.8 Å². The second-order valence-corrected chi connectivity index (χ2v) is 7.25. The first-order valence-corrected chi connectivity index (χ1v) is 8.48. The monoisotopic (exact) mass is 310 g/mol. The predicted molar refractivity (Wildman–Crippen MR) is 87.5 cm³/mol. The van der Waals surface area contributed by atoms with Gasteiger partial charge < -0.3 is 0 Å². The van der Waals surface area contributed by atoms with Gasteiger partial charge in [0.05, 0.1) is 16.1 Å². The van der Waals surface area contributed by atoms with E-state index in [0.29, 0.717) is 16.1 Å². The van der Waals surface area contributed by atoms with E-state index < -0.39 is 10.0 Å². The molecular weight excluding hydrogens is 296 g/mol. The number of anilines is 1. The van der Waals surface area contributed by atoms with E-state index in [0.717, 1.165) is 27.6 Å². The highest BCUT2D eigenvalue weighted by Gasteiger charge is 2.29.